The van der Waals surface area contributed by atoms with Gasteiger partial charge in [-0.3, -0.25) is 9.59 Å². The predicted molar refractivity (Wildman–Crippen MR) is 88.4 cm³/mol. The van der Waals surface area contributed by atoms with E-state index in [4.69, 9.17) is 4.74 Å². The van der Waals surface area contributed by atoms with E-state index in [-0.39, 0.29) is 24.5 Å². The Bertz CT molecular complexity index is 567. The molecule has 3 rings (SSSR count). The van der Waals surface area contributed by atoms with Crippen molar-refractivity contribution < 1.29 is 14.3 Å². The number of benzene rings is 1. The van der Waals surface area contributed by atoms with Crippen LogP contribution in [0, 0.1) is 0 Å². The Balaban J connectivity index is 1.60. The highest BCUT2D eigenvalue weighted by atomic mass is 16.5. The number of likely N-dealkylation sites (tertiary alicyclic amines) is 1. The van der Waals surface area contributed by atoms with Crippen molar-refractivity contribution in [2.24, 2.45) is 0 Å². The van der Waals surface area contributed by atoms with Crippen molar-refractivity contribution in [3.05, 3.63) is 24.3 Å². The van der Waals surface area contributed by atoms with Gasteiger partial charge in [-0.25, -0.2) is 0 Å². The Morgan fingerprint density at radius 2 is 1.96 bits per heavy atom. The highest BCUT2D eigenvalue weighted by Crippen LogP contribution is 2.29. The molecule has 0 aromatic heterocycles. The van der Waals surface area contributed by atoms with Gasteiger partial charge < -0.3 is 15.0 Å². The molecule has 1 heterocycles. The van der Waals surface area contributed by atoms with E-state index in [9.17, 15) is 9.59 Å². The number of piperidine rings is 1. The number of anilines is 1. The fourth-order valence-corrected chi connectivity index (χ4v) is 3.25. The zero-order chi connectivity index (χ0) is 16.1. The van der Waals surface area contributed by atoms with Crippen LogP contribution in [-0.4, -0.2) is 35.9 Å². The van der Waals surface area contributed by atoms with E-state index >= 15 is 0 Å². The minimum Gasteiger partial charge on any atom is -0.488 e. The van der Waals surface area contributed by atoms with Gasteiger partial charge in [-0.15, -0.1) is 0 Å². The van der Waals surface area contributed by atoms with Crippen LogP contribution >= 0.6 is 0 Å². The maximum Gasteiger partial charge on any atom is 0.244 e. The van der Waals surface area contributed by atoms with Crippen LogP contribution in [0.5, 0.6) is 5.75 Å². The van der Waals surface area contributed by atoms with Crippen molar-refractivity contribution in [3.8, 4) is 5.75 Å². The Morgan fingerprint density at radius 3 is 2.74 bits per heavy atom. The molecule has 5 heteroatoms. The molecular formula is C18H24N2O3. The smallest absolute Gasteiger partial charge is 0.244 e. The first-order chi connectivity index (χ1) is 11.2. The SMILES string of the molecule is O=C(CN1CCCCC1=O)Nc1ccccc1OC1CCCC1. The fraction of sp³-hybridized carbons (Fsp3) is 0.556. The lowest BCUT2D eigenvalue weighted by Crippen LogP contribution is -2.40. The van der Waals surface area contributed by atoms with Gasteiger partial charge in [0, 0.05) is 13.0 Å². The third-order valence-corrected chi connectivity index (χ3v) is 4.51. The number of rotatable bonds is 5. The Morgan fingerprint density at radius 1 is 1.17 bits per heavy atom. The molecule has 1 aromatic rings. The molecule has 0 spiro atoms. The lowest BCUT2D eigenvalue weighted by atomic mass is 10.1. The zero-order valence-corrected chi connectivity index (χ0v) is 13.4. The van der Waals surface area contributed by atoms with Gasteiger partial charge in [0.15, 0.2) is 0 Å². The van der Waals surface area contributed by atoms with E-state index < -0.39 is 0 Å². The summed E-state index contributed by atoms with van der Waals surface area (Å²) in [5.74, 6) is 0.627. The van der Waals surface area contributed by atoms with Crippen LogP contribution in [-0.2, 0) is 9.59 Å². The lowest BCUT2D eigenvalue weighted by Gasteiger charge is -2.26. The van der Waals surface area contributed by atoms with E-state index in [1.54, 1.807) is 4.90 Å². The average Bonchev–Trinajstić information content (AvgIpc) is 3.05. The van der Waals surface area contributed by atoms with Crippen molar-refractivity contribution in [3.63, 3.8) is 0 Å². The number of hydrogen-bond donors (Lipinski definition) is 1. The molecule has 2 amide bonds. The normalized spacial score (nSPS) is 19.0. The second-order valence-electron chi connectivity index (χ2n) is 6.34. The summed E-state index contributed by atoms with van der Waals surface area (Å²) < 4.78 is 6.02. The Hall–Kier alpha value is -2.04. The first-order valence-electron chi connectivity index (χ1n) is 8.56. The molecule has 1 aliphatic carbocycles. The molecule has 2 fully saturated rings. The quantitative estimate of drug-likeness (QED) is 0.908. The number of carbonyl (C=O) groups excluding carboxylic acids is 2. The maximum absolute atomic E-state index is 12.3. The average molecular weight is 316 g/mol. The van der Waals surface area contributed by atoms with Gasteiger partial charge in [-0.05, 0) is 50.7 Å². The monoisotopic (exact) mass is 316 g/mol. The van der Waals surface area contributed by atoms with Gasteiger partial charge >= 0.3 is 0 Å². The second kappa shape index (κ2) is 7.49. The van der Waals surface area contributed by atoms with E-state index in [0.29, 0.717) is 18.7 Å². The number of ether oxygens (including phenoxy) is 1. The molecule has 5 nitrogen and oxygen atoms in total. The van der Waals surface area contributed by atoms with Crippen LogP contribution in [0.2, 0.25) is 0 Å². The summed E-state index contributed by atoms with van der Waals surface area (Å²) in [6.45, 7) is 0.795. The van der Waals surface area contributed by atoms with Crippen LogP contribution in [0.4, 0.5) is 5.69 Å². The van der Waals surface area contributed by atoms with Gasteiger partial charge in [0.25, 0.3) is 0 Å². The van der Waals surface area contributed by atoms with Gasteiger partial charge in [0.05, 0.1) is 18.3 Å². The summed E-state index contributed by atoms with van der Waals surface area (Å²) in [5, 5.41) is 2.89. The molecular weight excluding hydrogens is 292 g/mol. The van der Waals surface area contributed by atoms with Crippen LogP contribution in [0.1, 0.15) is 44.9 Å². The maximum atomic E-state index is 12.3. The van der Waals surface area contributed by atoms with Gasteiger partial charge in [0.2, 0.25) is 11.8 Å². The molecule has 0 atom stereocenters. The minimum atomic E-state index is -0.164. The van der Waals surface area contributed by atoms with E-state index in [2.05, 4.69) is 5.32 Å². The third-order valence-electron chi connectivity index (χ3n) is 4.51. The molecule has 1 saturated heterocycles. The van der Waals surface area contributed by atoms with Crippen molar-refractivity contribution in [1.29, 1.82) is 0 Å². The Kier molecular flexibility index (Phi) is 5.16. The number of para-hydroxylation sites is 2. The molecule has 124 valence electrons. The van der Waals surface area contributed by atoms with E-state index in [1.165, 1.54) is 12.8 Å². The van der Waals surface area contributed by atoms with E-state index in [0.717, 1.165) is 31.4 Å². The van der Waals surface area contributed by atoms with E-state index in [1.807, 2.05) is 24.3 Å². The summed E-state index contributed by atoms with van der Waals surface area (Å²) in [6, 6.07) is 7.53. The summed E-state index contributed by atoms with van der Waals surface area (Å²) in [4.78, 5) is 25.7. The summed E-state index contributed by atoms with van der Waals surface area (Å²) in [7, 11) is 0. The molecule has 0 unspecified atom stereocenters. The molecule has 1 aliphatic heterocycles. The zero-order valence-electron chi connectivity index (χ0n) is 13.4. The standard InChI is InChI=1S/C18H24N2O3/c21-17(13-20-12-6-5-11-18(20)22)19-15-9-3-4-10-16(15)23-14-7-1-2-8-14/h3-4,9-10,14H,1-2,5-8,11-13H2,(H,19,21). The van der Waals surface area contributed by atoms with Crippen LogP contribution in [0.15, 0.2) is 24.3 Å². The van der Waals surface area contributed by atoms with Gasteiger partial charge in [-0.1, -0.05) is 12.1 Å². The molecule has 1 N–H and O–H groups in total. The number of nitrogens with one attached hydrogen (secondary N) is 1. The largest absolute Gasteiger partial charge is 0.488 e. The molecule has 0 bridgehead atoms. The van der Waals surface area contributed by atoms with Crippen molar-refractivity contribution in [2.45, 2.75) is 51.0 Å². The summed E-state index contributed by atoms with van der Waals surface area (Å²) >= 11 is 0. The lowest BCUT2D eigenvalue weighted by molar-refractivity contribution is -0.136. The number of hydrogen-bond acceptors (Lipinski definition) is 3. The van der Waals surface area contributed by atoms with Crippen molar-refractivity contribution in [2.75, 3.05) is 18.4 Å². The topological polar surface area (TPSA) is 58.6 Å². The van der Waals surface area contributed by atoms with Gasteiger partial charge in [-0.2, -0.15) is 0 Å². The Labute approximate surface area is 137 Å². The number of nitrogens with zero attached hydrogens (tertiary/aromatic N) is 1. The predicted octanol–water partition coefficient (Wildman–Crippen LogP) is 2.96. The minimum absolute atomic E-state index is 0.0712. The number of amides is 2. The molecule has 1 saturated carbocycles. The summed E-state index contributed by atoms with van der Waals surface area (Å²) in [6.07, 6.45) is 7.25. The molecule has 0 radical (unpaired) electrons. The number of carbonyl (C=O) groups is 2. The van der Waals surface area contributed by atoms with Crippen LogP contribution in [0.3, 0.4) is 0 Å². The van der Waals surface area contributed by atoms with Crippen molar-refractivity contribution in [1.82, 2.24) is 4.90 Å². The molecule has 2 aliphatic rings. The van der Waals surface area contributed by atoms with Crippen LogP contribution < -0.4 is 10.1 Å². The fourth-order valence-electron chi connectivity index (χ4n) is 3.25. The summed E-state index contributed by atoms with van der Waals surface area (Å²) in [5.41, 5.74) is 0.689. The first-order valence-corrected chi connectivity index (χ1v) is 8.56. The van der Waals surface area contributed by atoms with Gasteiger partial charge in [0.1, 0.15) is 5.75 Å². The highest BCUT2D eigenvalue weighted by Gasteiger charge is 2.22. The highest BCUT2D eigenvalue weighted by molar-refractivity contribution is 5.95. The van der Waals surface area contributed by atoms with Crippen LogP contribution in [0.25, 0.3) is 0 Å². The second-order valence-corrected chi connectivity index (χ2v) is 6.34. The third kappa shape index (κ3) is 4.24. The molecule has 23 heavy (non-hydrogen) atoms. The first kappa shape index (κ1) is 15.8. The molecule has 1 aromatic carbocycles. The van der Waals surface area contributed by atoms with Crippen molar-refractivity contribution >= 4 is 17.5 Å².